The Morgan fingerprint density at radius 3 is 2.43 bits per heavy atom. The number of carbonyl (C=O) groups excluding carboxylic acids is 1. The molecule has 0 heterocycles. The highest BCUT2D eigenvalue weighted by atomic mass is 32.2. The fraction of sp³-hybridized carbons (Fsp3) is 0.188. The van der Waals surface area contributed by atoms with Crippen molar-refractivity contribution in [2.45, 2.75) is 24.0 Å². The third kappa shape index (κ3) is 3.42. The van der Waals surface area contributed by atoms with Crippen LogP contribution in [0.25, 0.3) is 0 Å². The van der Waals surface area contributed by atoms with Gasteiger partial charge in [0.2, 0.25) is 0 Å². The summed E-state index contributed by atoms with van der Waals surface area (Å²) < 4.78 is 38.4. The molecule has 0 aromatic heterocycles. The standard InChI is InChI=1S/C16H14F2O2S/c1-10-4-3-5-13(8-10)21(20)11(2)16(19)12-6-7-14(17)15(18)9-12/h3-9,11H,1-2H3. The number of rotatable bonds is 4. The molecule has 0 spiro atoms. The van der Waals surface area contributed by atoms with Crippen molar-refractivity contribution in [3.05, 3.63) is 65.2 Å². The second kappa shape index (κ2) is 6.26. The predicted octanol–water partition coefficient (Wildman–Crippen LogP) is 3.65. The Morgan fingerprint density at radius 2 is 1.81 bits per heavy atom. The minimum atomic E-state index is -1.55. The summed E-state index contributed by atoms with van der Waals surface area (Å²) in [7, 11) is -1.55. The topological polar surface area (TPSA) is 34.1 Å². The van der Waals surface area contributed by atoms with Crippen molar-refractivity contribution < 1.29 is 17.8 Å². The van der Waals surface area contributed by atoms with Gasteiger partial charge in [-0.3, -0.25) is 9.00 Å². The molecule has 110 valence electrons. The van der Waals surface area contributed by atoms with Crippen LogP contribution in [0.5, 0.6) is 0 Å². The van der Waals surface area contributed by atoms with E-state index in [9.17, 15) is 17.8 Å². The third-order valence-corrected chi connectivity index (χ3v) is 4.69. The minimum Gasteiger partial charge on any atom is -0.293 e. The molecule has 5 heteroatoms. The number of hydrogen-bond donors (Lipinski definition) is 0. The van der Waals surface area contributed by atoms with E-state index in [4.69, 9.17) is 0 Å². The molecule has 21 heavy (non-hydrogen) atoms. The second-order valence-electron chi connectivity index (χ2n) is 4.75. The van der Waals surface area contributed by atoms with Crippen LogP contribution in [0.4, 0.5) is 8.78 Å². The van der Waals surface area contributed by atoms with Crippen LogP contribution in [-0.2, 0) is 10.8 Å². The molecule has 0 radical (unpaired) electrons. The smallest absolute Gasteiger partial charge is 0.178 e. The summed E-state index contributed by atoms with van der Waals surface area (Å²) in [5.74, 6) is -2.58. The van der Waals surface area contributed by atoms with Crippen LogP contribution >= 0.6 is 0 Å². The van der Waals surface area contributed by atoms with Crippen LogP contribution in [0.1, 0.15) is 22.8 Å². The minimum absolute atomic E-state index is 0.0161. The monoisotopic (exact) mass is 308 g/mol. The van der Waals surface area contributed by atoms with E-state index in [1.807, 2.05) is 13.0 Å². The summed E-state index contributed by atoms with van der Waals surface area (Å²) in [6.07, 6.45) is 0. The first-order valence-corrected chi connectivity index (χ1v) is 7.58. The van der Waals surface area contributed by atoms with Gasteiger partial charge in [0, 0.05) is 10.5 Å². The first-order valence-electron chi connectivity index (χ1n) is 6.36. The molecular weight excluding hydrogens is 294 g/mol. The zero-order valence-corrected chi connectivity index (χ0v) is 12.4. The van der Waals surface area contributed by atoms with Gasteiger partial charge in [0.15, 0.2) is 17.4 Å². The third-order valence-electron chi connectivity index (χ3n) is 3.12. The lowest BCUT2D eigenvalue weighted by molar-refractivity contribution is 0.0992. The zero-order valence-electron chi connectivity index (χ0n) is 11.6. The zero-order chi connectivity index (χ0) is 15.6. The highest BCUT2D eigenvalue weighted by molar-refractivity contribution is 7.86. The first-order chi connectivity index (χ1) is 9.90. The molecule has 0 saturated carbocycles. The lowest BCUT2D eigenvalue weighted by Gasteiger charge is -2.11. The second-order valence-corrected chi connectivity index (χ2v) is 6.52. The Morgan fingerprint density at radius 1 is 1.10 bits per heavy atom. The first kappa shape index (κ1) is 15.5. The Bertz CT molecular complexity index is 713. The van der Waals surface area contributed by atoms with Crippen molar-refractivity contribution in [2.24, 2.45) is 0 Å². The van der Waals surface area contributed by atoms with Crippen molar-refractivity contribution in [1.82, 2.24) is 0 Å². The summed E-state index contributed by atoms with van der Waals surface area (Å²) in [5, 5.41) is -0.836. The molecule has 0 aliphatic carbocycles. The van der Waals surface area contributed by atoms with Gasteiger partial charge in [-0.05, 0) is 49.7 Å². The maximum atomic E-state index is 13.2. The van der Waals surface area contributed by atoms with Crippen molar-refractivity contribution in [3.63, 3.8) is 0 Å². The highest BCUT2D eigenvalue weighted by Gasteiger charge is 2.23. The molecule has 0 fully saturated rings. The molecular formula is C16H14F2O2S. The van der Waals surface area contributed by atoms with E-state index in [0.29, 0.717) is 4.90 Å². The Kier molecular flexibility index (Phi) is 4.63. The van der Waals surface area contributed by atoms with E-state index < -0.39 is 33.5 Å². The van der Waals surface area contributed by atoms with E-state index in [-0.39, 0.29) is 5.56 Å². The average Bonchev–Trinajstić information content (AvgIpc) is 2.47. The number of ketones is 1. The Balaban J connectivity index is 2.26. The molecule has 0 N–H and O–H groups in total. The van der Waals surface area contributed by atoms with Crippen LogP contribution in [0.2, 0.25) is 0 Å². The Labute approximate surface area is 124 Å². The number of carbonyl (C=O) groups is 1. The molecule has 2 aromatic rings. The van der Waals surface area contributed by atoms with Gasteiger partial charge in [0.05, 0.1) is 16.0 Å². The summed E-state index contributed by atoms with van der Waals surface area (Å²) in [6.45, 7) is 3.38. The molecule has 0 bridgehead atoms. The van der Waals surface area contributed by atoms with Gasteiger partial charge in [-0.2, -0.15) is 0 Å². The molecule has 0 aliphatic rings. The van der Waals surface area contributed by atoms with Crippen molar-refractivity contribution in [2.75, 3.05) is 0 Å². The number of benzene rings is 2. The van der Waals surface area contributed by atoms with E-state index in [1.54, 1.807) is 18.2 Å². The van der Waals surface area contributed by atoms with Crippen LogP contribution < -0.4 is 0 Å². The van der Waals surface area contributed by atoms with Gasteiger partial charge >= 0.3 is 0 Å². The van der Waals surface area contributed by atoms with Crippen LogP contribution in [0, 0.1) is 18.6 Å². The summed E-state index contributed by atoms with van der Waals surface area (Å²) >= 11 is 0. The average molecular weight is 308 g/mol. The van der Waals surface area contributed by atoms with Crippen LogP contribution in [0.15, 0.2) is 47.4 Å². The van der Waals surface area contributed by atoms with Crippen LogP contribution in [0.3, 0.4) is 0 Å². The molecule has 0 aliphatic heterocycles. The van der Waals surface area contributed by atoms with Gasteiger partial charge in [-0.25, -0.2) is 8.78 Å². The van der Waals surface area contributed by atoms with E-state index in [2.05, 4.69) is 0 Å². The quantitative estimate of drug-likeness (QED) is 0.808. The molecule has 2 atom stereocenters. The SMILES string of the molecule is Cc1cccc(S(=O)C(C)C(=O)c2ccc(F)c(F)c2)c1. The fourth-order valence-corrected chi connectivity index (χ4v) is 3.18. The fourth-order valence-electron chi connectivity index (χ4n) is 1.93. The maximum Gasteiger partial charge on any atom is 0.178 e. The Hall–Kier alpha value is -1.88. The van der Waals surface area contributed by atoms with E-state index >= 15 is 0 Å². The van der Waals surface area contributed by atoms with Gasteiger partial charge < -0.3 is 0 Å². The normalized spacial score (nSPS) is 13.7. The van der Waals surface area contributed by atoms with E-state index in [1.165, 1.54) is 13.0 Å². The molecule has 0 amide bonds. The number of halogens is 2. The molecule has 2 nitrogen and oxygen atoms in total. The van der Waals surface area contributed by atoms with Crippen LogP contribution in [-0.4, -0.2) is 15.2 Å². The van der Waals surface area contributed by atoms with Crippen molar-refractivity contribution in [3.8, 4) is 0 Å². The number of aryl methyl sites for hydroxylation is 1. The summed E-state index contributed by atoms with van der Waals surface area (Å²) in [6, 6.07) is 9.97. The summed E-state index contributed by atoms with van der Waals surface area (Å²) in [5.41, 5.74) is 0.954. The molecule has 0 saturated heterocycles. The molecule has 2 unspecified atom stereocenters. The maximum absolute atomic E-state index is 13.2. The van der Waals surface area contributed by atoms with Crippen molar-refractivity contribution >= 4 is 16.6 Å². The van der Waals surface area contributed by atoms with Gasteiger partial charge in [-0.1, -0.05) is 12.1 Å². The van der Waals surface area contributed by atoms with Gasteiger partial charge in [-0.15, -0.1) is 0 Å². The predicted molar refractivity (Wildman–Crippen MR) is 77.7 cm³/mol. The number of hydrogen-bond acceptors (Lipinski definition) is 2. The van der Waals surface area contributed by atoms with Gasteiger partial charge in [0.25, 0.3) is 0 Å². The molecule has 2 aromatic carbocycles. The summed E-state index contributed by atoms with van der Waals surface area (Å²) in [4.78, 5) is 12.8. The lowest BCUT2D eigenvalue weighted by Crippen LogP contribution is -2.23. The van der Waals surface area contributed by atoms with Crippen molar-refractivity contribution in [1.29, 1.82) is 0 Å². The van der Waals surface area contributed by atoms with Gasteiger partial charge in [0.1, 0.15) is 0 Å². The molecule has 2 rings (SSSR count). The largest absolute Gasteiger partial charge is 0.293 e. The lowest BCUT2D eigenvalue weighted by atomic mass is 10.1. The van der Waals surface area contributed by atoms with E-state index in [0.717, 1.165) is 17.7 Å². The highest BCUT2D eigenvalue weighted by Crippen LogP contribution is 2.18. The number of Topliss-reactive ketones (excluding diaryl/α,β-unsaturated/α-hetero) is 1.